The lowest BCUT2D eigenvalue weighted by Crippen LogP contribution is -2.40. The molecule has 104 valence electrons. The van der Waals surface area contributed by atoms with Crippen LogP contribution in [0.15, 0.2) is 12.1 Å². The molecule has 19 heavy (non-hydrogen) atoms. The molecule has 1 aromatic rings. The van der Waals surface area contributed by atoms with Gasteiger partial charge in [0.2, 0.25) is 5.79 Å². The van der Waals surface area contributed by atoms with E-state index in [1.807, 2.05) is 13.0 Å². The molecule has 1 saturated carbocycles. The topological polar surface area (TPSA) is 38.7 Å². The molecule has 1 unspecified atom stereocenters. The number of methoxy groups -OCH3 is 1. The molecule has 1 aliphatic heterocycles. The van der Waals surface area contributed by atoms with E-state index < -0.39 is 5.79 Å². The fourth-order valence-corrected chi connectivity index (χ4v) is 3.87. The fraction of sp³-hybridized carbons (Fsp3) is 0.625. The van der Waals surface area contributed by atoms with Gasteiger partial charge in [-0.1, -0.05) is 20.8 Å². The summed E-state index contributed by atoms with van der Waals surface area (Å²) in [4.78, 5) is 0. The second-order valence-electron chi connectivity index (χ2n) is 6.94. The number of rotatable bonds is 1. The monoisotopic (exact) mass is 262 g/mol. The van der Waals surface area contributed by atoms with Crippen LogP contribution in [0.3, 0.4) is 0 Å². The van der Waals surface area contributed by atoms with E-state index in [0.717, 1.165) is 22.6 Å². The Labute approximate surface area is 114 Å². The quantitative estimate of drug-likeness (QED) is 0.845. The van der Waals surface area contributed by atoms with Gasteiger partial charge < -0.3 is 14.6 Å². The van der Waals surface area contributed by atoms with E-state index in [9.17, 15) is 5.11 Å². The van der Waals surface area contributed by atoms with Gasteiger partial charge in [0.1, 0.15) is 11.5 Å². The number of aliphatic hydroxyl groups is 1. The molecule has 2 atom stereocenters. The summed E-state index contributed by atoms with van der Waals surface area (Å²) in [6.45, 7) is 8.63. The van der Waals surface area contributed by atoms with Crippen molar-refractivity contribution >= 4 is 0 Å². The summed E-state index contributed by atoms with van der Waals surface area (Å²) in [5, 5.41) is 10.6. The molecule has 1 heterocycles. The Bertz CT molecular complexity index is 549. The molecule has 3 nitrogen and oxygen atoms in total. The Kier molecular flexibility index (Phi) is 2.33. The van der Waals surface area contributed by atoms with Crippen molar-refractivity contribution in [2.45, 2.75) is 51.7 Å². The van der Waals surface area contributed by atoms with E-state index in [4.69, 9.17) is 9.47 Å². The van der Waals surface area contributed by atoms with Gasteiger partial charge in [-0.25, -0.2) is 0 Å². The molecule has 1 aromatic carbocycles. The summed E-state index contributed by atoms with van der Waals surface area (Å²) in [6, 6.07) is 4.06. The van der Waals surface area contributed by atoms with Crippen LogP contribution in [0, 0.1) is 12.3 Å². The first kappa shape index (κ1) is 12.8. The van der Waals surface area contributed by atoms with Crippen LogP contribution in [0.5, 0.6) is 11.5 Å². The van der Waals surface area contributed by atoms with Crippen LogP contribution in [0.2, 0.25) is 0 Å². The maximum Gasteiger partial charge on any atom is 0.209 e. The third-order valence-electron chi connectivity index (χ3n) is 5.23. The summed E-state index contributed by atoms with van der Waals surface area (Å²) < 4.78 is 11.3. The molecule has 0 amide bonds. The summed E-state index contributed by atoms with van der Waals surface area (Å²) in [5.74, 6) is 0.670. The number of hydrogen-bond acceptors (Lipinski definition) is 3. The zero-order valence-corrected chi connectivity index (χ0v) is 12.3. The highest BCUT2D eigenvalue weighted by molar-refractivity contribution is 5.52. The van der Waals surface area contributed by atoms with E-state index in [1.54, 1.807) is 7.11 Å². The van der Waals surface area contributed by atoms with Crippen LogP contribution >= 0.6 is 0 Å². The van der Waals surface area contributed by atoms with E-state index in [0.29, 0.717) is 12.8 Å². The van der Waals surface area contributed by atoms with Crippen molar-refractivity contribution in [3.63, 3.8) is 0 Å². The Hall–Kier alpha value is -1.22. The van der Waals surface area contributed by atoms with Crippen molar-refractivity contribution in [2.24, 2.45) is 5.41 Å². The standard InChI is InChI=1S/C16H22O3/c1-10-6-13-11(7-12(10)18-5)15(4)9-16(17,19-13)8-14(15,2)3/h6-7,17H,8-9H2,1-5H3/t15-,16?/m1/s1. The zero-order chi connectivity index (χ0) is 14.1. The molecule has 1 N–H and O–H groups in total. The van der Waals surface area contributed by atoms with E-state index in [-0.39, 0.29) is 10.8 Å². The van der Waals surface area contributed by atoms with Gasteiger partial charge in [0.25, 0.3) is 0 Å². The Morgan fingerprint density at radius 1 is 1.21 bits per heavy atom. The molecule has 0 saturated heterocycles. The van der Waals surface area contributed by atoms with E-state index in [2.05, 4.69) is 26.8 Å². The Morgan fingerprint density at radius 3 is 2.53 bits per heavy atom. The van der Waals surface area contributed by atoms with Crippen molar-refractivity contribution in [1.29, 1.82) is 0 Å². The van der Waals surface area contributed by atoms with E-state index in [1.165, 1.54) is 0 Å². The molecule has 3 heteroatoms. The number of fused-ring (bicyclic) bond motifs is 4. The Morgan fingerprint density at radius 2 is 1.89 bits per heavy atom. The molecule has 0 aromatic heterocycles. The minimum absolute atomic E-state index is 0.00668. The van der Waals surface area contributed by atoms with Gasteiger partial charge in [-0.15, -0.1) is 0 Å². The molecule has 0 spiro atoms. The minimum atomic E-state index is -1.02. The SMILES string of the molecule is COc1cc2c(cc1C)OC1(O)CC(C)(C)[C@]2(C)C1. The third-order valence-corrected chi connectivity index (χ3v) is 5.23. The van der Waals surface area contributed by atoms with Crippen molar-refractivity contribution in [1.82, 2.24) is 0 Å². The van der Waals surface area contributed by atoms with Crippen molar-refractivity contribution in [2.75, 3.05) is 7.11 Å². The van der Waals surface area contributed by atoms with Crippen LogP contribution in [0.25, 0.3) is 0 Å². The molecule has 1 aliphatic carbocycles. The molecule has 3 rings (SSSR count). The highest BCUT2D eigenvalue weighted by Gasteiger charge is 2.62. The fourth-order valence-electron chi connectivity index (χ4n) is 3.87. The van der Waals surface area contributed by atoms with Gasteiger partial charge >= 0.3 is 0 Å². The molecule has 2 aliphatic rings. The average molecular weight is 262 g/mol. The molecular weight excluding hydrogens is 240 g/mol. The van der Waals surface area contributed by atoms with Gasteiger partial charge in [0.15, 0.2) is 0 Å². The van der Waals surface area contributed by atoms with Gasteiger partial charge in [-0.3, -0.25) is 0 Å². The smallest absolute Gasteiger partial charge is 0.209 e. The first-order valence-electron chi connectivity index (χ1n) is 6.81. The molecule has 1 fully saturated rings. The number of benzene rings is 1. The first-order valence-corrected chi connectivity index (χ1v) is 6.81. The number of hydrogen-bond donors (Lipinski definition) is 1. The second-order valence-corrected chi connectivity index (χ2v) is 6.94. The highest BCUT2D eigenvalue weighted by Crippen LogP contribution is 2.63. The average Bonchev–Trinajstić information content (AvgIpc) is 2.40. The molecule has 2 bridgehead atoms. The molecule has 0 radical (unpaired) electrons. The summed E-state index contributed by atoms with van der Waals surface area (Å²) >= 11 is 0. The second kappa shape index (κ2) is 3.45. The van der Waals surface area contributed by atoms with Crippen molar-refractivity contribution < 1.29 is 14.6 Å². The van der Waals surface area contributed by atoms with E-state index >= 15 is 0 Å². The number of ether oxygens (including phenoxy) is 2. The van der Waals surface area contributed by atoms with Crippen LogP contribution in [-0.2, 0) is 5.41 Å². The Balaban J connectivity index is 2.25. The van der Waals surface area contributed by atoms with Crippen LogP contribution < -0.4 is 9.47 Å². The largest absolute Gasteiger partial charge is 0.496 e. The summed E-state index contributed by atoms with van der Waals surface area (Å²) in [5.41, 5.74) is 2.10. The van der Waals surface area contributed by atoms with Crippen LogP contribution in [-0.4, -0.2) is 18.0 Å². The van der Waals surface area contributed by atoms with Crippen LogP contribution in [0.1, 0.15) is 44.7 Å². The van der Waals surface area contributed by atoms with Gasteiger partial charge in [0.05, 0.1) is 7.11 Å². The lowest BCUT2D eigenvalue weighted by atomic mass is 9.65. The number of aryl methyl sites for hydroxylation is 1. The van der Waals surface area contributed by atoms with Gasteiger partial charge in [-0.2, -0.15) is 0 Å². The van der Waals surface area contributed by atoms with Crippen LogP contribution in [0.4, 0.5) is 0 Å². The lowest BCUT2D eigenvalue weighted by Gasteiger charge is -2.41. The van der Waals surface area contributed by atoms with Gasteiger partial charge in [-0.05, 0) is 30.0 Å². The maximum atomic E-state index is 10.6. The predicted molar refractivity (Wildman–Crippen MR) is 73.7 cm³/mol. The molecular formula is C16H22O3. The highest BCUT2D eigenvalue weighted by atomic mass is 16.6. The van der Waals surface area contributed by atoms with Crippen molar-refractivity contribution in [3.8, 4) is 11.5 Å². The summed E-state index contributed by atoms with van der Waals surface area (Å²) in [7, 11) is 1.69. The summed E-state index contributed by atoms with van der Waals surface area (Å²) in [6.07, 6.45) is 1.30. The third kappa shape index (κ3) is 1.54. The maximum absolute atomic E-state index is 10.6. The zero-order valence-electron chi connectivity index (χ0n) is 12.3. The minimum Gasteiger partial charge on any atom is -0.496 e. The first-order chi connectivity index (χ1) is 8.71. The lowest BCUT2D eigenvalue weighted by molar-refractivity contribution is -0.142. The van der Waals surface area contributed by atoms with Gasteiger partial charge in [0, 0.05) is 23.8 Å². The van der Waals surface area contributed by atoms with Crippen molar-refractivity contribution in [3.05, 3.63) is 23.3 Å². The normalized spacial score (nSPS) is 34.6. The predicted octanol–water partition coefficient (Wildman–Crippen LogP) is 3.16.